The van der Waals surface area contributed by atoms with Crippen LogP contribution < -0.4 is 11.1 Å². The number of ketones is 1. The Balaban J connectivity index is 1.84. The van der Waals surface area contributed by atoms with E-state index in [0.29, 0.717) is 15.6 Å². The maximum Gasteiger partial charge on any atom is 0.206 e. The van der Waals surface area contributed by atoms with Crippen molar-refractivity contribution in [2.45, 2.75) is 4.90 Å². The molecule has 122 valence electrons. The zero-order valence-electron chi connectivity index (χ0n) is 12.7. The van der Waals surface area contributed by atoms with Gasteiger partial charge in [0.2, 0.25) is 5.78 Å². The summed E-state index contributed by atoms with van der Waals surface area (Å²) in [7, 11) is 0. The molecule has 0 aliphatic rings. The smallest absolute Gasteiger partial charge is 0.206 e. The molecule has 0 aliphatic heterocycles. The summed E-state index contributed by atoms with van der Waals surface area (Å²) in [4.78, 5) is 18.5. The second-order valence-electron chi connectivity index (χ2n) is 4.93. The van der Waals surface area contributed by atoms with E-state index in [4.69, 9.17) is 5.73 Å². The number of carbonyl (C=O) groups is 1. The van der Waals surface area contributed by atoms with Crippen LogP contribution in [-0.2, 0) is 0 Å². The highest BCUT2D eigenvalue weighted by Gasteiger charge is 2.18. The second kappa shape index (κ2) is 7.38. The lowest BCUT2D eigenvalue weighted by Crippen LogP contribution is -2.02. The monoisotopic (exact) mass is 419 g/mol. The Kier molecular flexibility index (Phi) is 5.23. The SMILES string of the molecule is CSc1cccc(Nc2nc(N)c(C(=O)c3ccc(Br)cc3)s2)c1. The number of carbonyl (C=O) groups excluding carboxylic acids is 1. The lowest BCUT2D eigenvalue weighted by atomic mass is 10.1. The van der Waals surface area contributed by atoms with Crippen molar-refractivity contribution in [3.8, 4) is 0 Å². The van der Waals surface area contributed by atoms with Crippen LogP contribution in [0.25, 0.3) is 0 Å². The fraction of sp³-hybridized carbons (Fsp3) is 0.0588. The fourth-order valence-electron chi connectivity index (χ4n) is 2.10. The molecule has 24 heavy (non-hydrogen) atoms. The molecule has 1 heterocycles. The van der Waals surface area contributed by atoms with E-state index in [0.717, 1.165) is 15.1 Å². The summed E-state index contributed by atoms with van der Waals surface area (Å²) in [5, 5.41) is 3.81. The number of hydrogen-bond acceptors (Lipinski definition) is 6. The summed E-state index contributed by atoms with van der Waals surface area (Å²) in [5.74, 6) is 0.125. The van der Waals surface area contributed by atoms with Gasteiger partial charge >= 0.3 is 0 Å². The summed E-state index contributed by atoms with van der Waals surface area (Å²) in [6, 6.07) is 15.2. The van der Waals surface area contributed by atoms with Crippen molar-refractivity contribution in [1.29, 1.82) is 0 Å². The van der Waals surface area contributed by atoms with Gasteiger partial charge in [-0.2, -0.15) is 0 Å². The minimum Gasteiger partial charge on any atom is -0.382 e. The topological polar surface area (TPSA) is 68.0 Å². The van der Waals surface area contributed by atoms with Gasteiger partial charge in [0, 0.05) is 20.6 Å². The van der Waals surface area contributed by atoms with E-state index in [1.165, 1.54) is 11.3 Å². The number of nitrogens with two attached hydrogens (primary N) is 1. The molecule has 1 aromatic heterocycles. The first-order valence-electron chi connectivity index (χ1n) is 7.04. The van der Waals surface area contributed by atoms with Gasteiger partial charge in [0.05, 0.1) is 0 Å². The summed E-state index contributed by atoms with van der Waals surface area (Å²) >= 11 is 6.29. The number of thiazole rings is 1. The Morgan fingerprint density at radius 3 is 2.71 bits per heavy atom. The molecular formula is C17H14BrN3OS2. The van der Waals surface area contributed by atoms with Crippen LogP contribution in [0.1, 0.15) is 15.2 Å². The third kappa shape index (κ3) is 3.80. The molecule has 3 N–H and O–H groups in total. The molecule has 0 amide bonds. The molecule has 3 aromatic rings. The summed E-state index contributed by atoms with van der Waals surface area (Å²) < 4.78 is 0.923. The Morgan fingerprint density at radius 1 is 1.25 bits per heavy atom. The van der Waals surface area contributed by atoms with Gasteiger partial charge in [-0.25, -0.2) is 4.98 Å². The first kappa shape index (κ1) is 17.0. The standard InChI is InChI=1S/C17H14BrN3OS2/c1-23-13-4-2-3-12(9-13)20-17-21-16(19)15(24-17)14(22)10-5-7-11(18)8-6-10/h2-9H,19H2,1H3,(H,20,21). The van der Waals surface area contributed by atoms with Crippen molar-refractivity contribution >= 4 is 61.4 Å². The molecular weight excluding hydrogens is 406 g/mol. The number of anilines is 3. The van der Waals surface area contributed by atoms with Crippen molar-refractivity contribution in [1.82, 2.24) is 4.98 Å². The highest BCUT2D eigenvalue weighted by atomic mass is 79.9. The third-order valence-electron chi connectivity index (χ3n) is 3.29. The van der Waals surface area contributed by atoms with Crippen LogP contribution in [-0.4, -0.2) is 17.0 Å². The predicted octanol–water partition coefficient (Wildman–Crippen LogP) is 5.18. The molecule has 0 unspecified atom stereocenters. The van der Waals surface area contributed by atoms with Crippen LogP contribution in [0.15, 0.2) is 57.9 Å². The zero-order chi connectivity index (χ0) is 17.1. The van der Waals surface area contributed by atoms with Gasteiger partial charge in [0.25, 0.3) is 0 Å². The van der Waals surface area contributed by atoms with Crippen molar-refractivity contribution in [2.75, 3.05) is 17.3 Å². The Bertz CT molecular complexity index is 878. The first-order chi connectivity index (χ1) is 11.6. The highest BCUT2D eigenvalue weighted by molar-refractivity contribution is 9.10. The molecule has 0 saturated carbocycles. The molecule has 0 radical (unpaired) electrons. The van der Waals surface area contributed by atoms with Gasteiger partial charge in [0.15, 0.2) is 5.13 Å². The molecule has 0 atom stereocenters. The number of nitrogen functional groups attached to an aromatic ring is 1. The fourth-order valence-corrected chi connectivity index (χ4v) is 3.70. The Hall–Kier alpha value is -1.83. The minimum atomic E-state index is -0.122. The van der Waals surface area contributed by atoms with Crippen molar-refractivity contribution in [3.63, 3.8) is 0 Å². The van der Waals surface area contributed by atoms with Crippen molar-refractivity contribution in [3.05, 3.63) is 63.4 Å². The van der Waals surface area contributed by atoms with Crippen LogP contribution in [0.2, 0.25) is 0 Å². The number of rotatable bonds is 5. The van der Waals surface area contributed by atoms with E-state index in [9.17, 15) is 4.79 Å². The van der Waals surface area contributed by atoms with Crippen LogP contribution >= 0.6 is 39.0 Å². The van der Waals surface area contributed by atoms with Gasteiger partial charge in [-0.05, 0) is 48.7 Å². The summed E-state index contributed by atoms with van der Waals surface area (Å²) in [5.41, 5.74) is 7.45. The number of thioether (sulfide) groups is 1. The maximum absolute atomic E-state index is 12.6. The minimum absolute atomic E-state index is 0.122. The maximum atomic E-state index is 12.6. The normalized spacial score (nSPS) is 10.6. The second-order valence-corrected chi connectivity index (χ2v) is 7.72. The quantitative estimate of drug-likeness (QED) is 0.440. The first-order valence-corrected chi connectivity index (χ1v) is 9.88. The Labute approximate surface area is 156 Å². The van der Waals surface area contributed by atoms with Crippen molar-refractivity contribution < 1.29 is 4.79 Å². The largest absolute Gasteiger partial charge is 0.382 e. The predicted molar refractivity (Wildman–Crippen MR) is 106 cm³/mol. The molecule has 0 spiro atoms. The van der Waals surface area contributed by atoms with E-state index >= 15 is 0 Å². The average molecular weight is 420 g/mol. The molecule has 7 heteroatoms. The van der Waals surface area contributed by atoms with Gasteiger partial charge in [0.1, 0.15) is 10.7 Å². The van der Waals surface area contributed by atoms with Crippen molar-refractivity contribution in [2.24, 2.45) is 0 Å². The number of benzene rings is 2. The van der Waals surface area contributed by atoms with Crippen LogP contribution in [0.5, 0.6) is 0 Å². The zero-order valence-corrected chi connectivity index (χ0v) is 16.0. The van der Waals surface area contributed by atoms with Gasteiger partial charge in [-0.15, -0.1) is 11.8 Å². The molecule has 3 rings (SSSR count). The Morgan fingerprint density at radius 2 is 2.00 bits per heavy atom. The van der Waals surface area contributed by atoms with Gasteiger partial charge < -0.3 is 11.1 Å². The summed E-state index contributed by atoms with van der Waals surface area (Å²) in [6.45, 7) is 0. The highest BCUT2D eigenvalue weighted by Crippen LogP contribution is 2.30. The van der Waals surface area contributed by atoms with Crippen LogP contribution in [0, 0.1) is 0 Å². The van der Waals surface area contributed by atoms with E-state index in [1.807, 2.05) is 42.7 Å². The van der Waals surface area contributed by atoms with Crippen LogP contribution in [0.3, 0.4) is 0 Å². The number of hydrogen-bond donors (Lipinski definition) is 2. The number of aromatic nitrogens is 1. The molecule has 2 aromatic carbocycles. The van der Waals surface area contributed by atoms with Gasteiger partial charge in [-0.3, -0.25) is 4.79 Å². The van der Waals surface area contributed by atoms with Gasteiger partial charge in [-0.1, -0.05) is 33.3 Å². The lowest BCUT2D eigenvalue weighted by Gasteiger charge is -2.03. The molecule has 0 saturated heterocycles. The third-order valence-corrected chi connectivity index (χ3v) is 5.53. The number of nitrogens with one attached hydrogen (secondary N) is 1. The number of halogens is 1. The summed E-state index contributed by atoms with van der Waals surface area (Å²) in [6.07, 6.45) is 2.02. The van der Waals surface area contributed by atoms with Crippen LogP contribution in [0.4, 0.5) is 16.6 Å². The van der Waals surface area contributed by atoms with E-state index in [1.54, 1.807) is 23.9 Å². The molecule has 0 fully saturated rings. The molecule has 0 aliphatic carbocycles. The number of nitrogens with zero attached hydrogens (tertiary/aromatic N) is 1. The molecule has 0 bridgehead atoms. The van der Waals surface area contributed by atoms with E-state index in [-0.39, 0.29) is 11.6 Å². The van der Waals surface area contributed by atoms with E-state index in [2.05, 4.69) is 26.2 Å². The lowest BCUT2D eigenvalue weighted by molar-refractivity contribution is 0.104. The average Bonchev–Trinajstić information content (AvgIpc) is 2.95. The van der Waals surface area contributed by atoms with E-state index < -0.39 is 0 Å². The molecule has 4 nitrogen and oxygen atoms in total.